The largest absolute Gasteiger partial charge is 0.462 e. The molecule has 0 atom stereocenters. The molecule has 0 bridgehead atoms. The van der Waals surface area contributed by atoms with Crippen molar-refractivity contribution in [2.45, 2.75) is 39.7 Å². The molecule has 36 heavy (non-hydrogen) atoms. The van der Waals surface area contributed by atoms with Crippen molar-refractivity contribution in [3.05, 3.63) is 91.8 Å². The summed E-state index contributed by atoms with van der Waals surface area (Å²) in [5.74, 6) is -0.727. The van der Waals surface area contributed by atoms with Gasteiger partial charge in [-0.05, 0) is 54.8 Å². The minimum atomic E-state index is -0.595. The van der Waals surface area contributed by atoms with Gasteiger partial charge in [-0.15, -0.1) is 11.3 Å². The average molecular weight is 525 g/mol. The summed E-state index contributed by atoms with van der Waals surface area (Å²) >= 11 is 7.34. The van der Waals surface area contributed by atoms with Crippen LogP contribution in [0.3, 0.4) is 0 Å². The number of esters is 2. The molecule has 0 saturated carbocycles. The lowest BCUT2D eigenvalue weighted by molar-refractivity contribution is 0.0498. The topological polar surface area (TPSA) is 87.5 Å². The Morgan fingerprint density at radius 2 is 1.81 bits per heavy atom. The quantitative estimate of drug-likeness (QED) is 0.151. The van der Waals surface area contributed by atoms with E-state index in [1.165, 1.54) is 23.0 Å². The van der Waals surface area contributed by atoms with Crippen molar-refractivity contribution in [2.24, 2.45) is 0 Å². The molecule has 4 aromatic rings. The molecule has 186 valence electrons. The van der Waals surface area contributed by atoms with E-state index < -0.39 is 11.9 Å². The lowest BCUT2D eigenvalue weighted by Crippen LogP contribution is -2.21. The van der Waals surface area contributed by atoms with Gasteiger partial charge in [0.2, 0.25) is 0 Å². The number of hydrogen-bond donors (Lipinski definition) is 0. The van der Waals surface area contributed by atoms with Crippen LogP contribution in [0.4, 0.5) is 0 Å². The first-order chi connectivity index (χ1) is 17.4. The van der Waals surface area contributed by atoms with Gasteiger partial charge < -0.3 is 9.47 Å². The highest BCUT2D eigenvalue weighted by Gasteiger charge is 2.21. The van der Waals surface area contributed by atoms with E-state index >= 15 is 0 Å². The summed E-state index contributed by atoms with van der Waals surface area (Å²) in [4.78, 5) is 43.3. The third-order valence-corrected chi connectivity index (χ3v) is 7.23. The number of nitrogens with zero attached hydrogens (tertiary/aromatic N) is 2. The molecule has 0 spiro atoms. The van der Waals surface area contributed by atoms with E-state index in [-0.39, 0.29) is 17.9 Å². The molecule has 4 rings (SSSR count). The predicted octanol–water partition coefficient (Wildman–Crippen LogP) is 6.03. The summed E-state index contributed by atoms with van der Waals surface area (Å²) in [6, 6.07) is 13.5. The van der Waals surface area contributed by atoms with Crippen LogP contribution in [-0.4, -0.2) is 28.1 Å². The maximum Gasteiger partial charge on any atom is 0.354 e. The first-order valence-corrected chi connectivity index (χ1v) is 12.8. The Kier molecular flexibility index (Phi) is 8.18. The van der Waals surface area contributed by atoms with Crippen molar-refractivity contribution in [2.75, 3.05) is 6.61 Å². The second-order valence-corrected chi connectivity index (χ2v) is 9.67. The molecule has 0 unspecified atom stereocenters. The van der Waals surface area contributed by atoms with Crippen LogP contribution >= 0.6 is 22.9 Å². The second kappa shape index (κ2) is 11.5. The number of ether oxygens (including phenoxy) is 2. The Hall–Kier alpha value is -3.49. The van der Waals surface area contributed by atoms with E-state index in [1.54, 1.807) is 25.1 Å². The smallest absolute Gasteiger partial charge is 0.354 e. The van der Waals surface area contributed by atoms with Gasteiger partial charge in [0.05, 0.1) is 30.4 Å². The van der Waals surface area contributed by atoms with Crippen LogP contribution in [0.1, 0.15) is 57.3 Å². The molecular formula is C27H25ClN2O5S. The predicted molar refractivity (Wildman–Crippen MR) is 140 cm³/mol. The molecule has 9 heteroatoms. The van der Waals surface area contributed by atoms with Gasteiger partial charge in [-0.25, -0.2) is 14.6 Å². The molecule has 0 aliphatic rings. The third kappa shape index (κ3) is 5.66. The molecule has 2 heterocycles. The first-order valence-electron chi connectivity index (χ1n) is 11.6. The van der Waals surface area contributed by atoms with E-state index in [4.69, 9.17) is 21.1 Å². The molecule has 0 radical (unpaired) electrons. The lowest BCUT2D eigenvalue weighted by Gasteiger charge is -2.07. The normalized spacial score (nSPS) is 11.0. The van der Waals surface area contributed by atoms with Gasteiger partial charge in [-0.1, -0.05) is 49.6 Å². The highest BCUT2D eigenvalue weighted by atomic mass is 35.5. The molecule has 0 saturated heterocycles. The number of aromatic nitrogens is 2. The van der Waals surface area contributed by atoms with Crippen molar-refractivity contribution in [3.8, 4) is 5.75 Å². The standard InChI is InChI=1S/C27H25ClN2O5S/c1-3-4-7-14-34-26(32)18-10-12-20(13-11-18)35-27(33)23-17(2)22-24(36-23)29-16-30(25(22)31)15-19-8-5-6-9-21(19)28/h5-6,8-13,16H,3-4,7,14-15H2,1-2H3. The number of rotatable bonds is 9. The number of aryl methyl sites for hydroxylation is 1. The van der Waals surface area contributed by atoms with Crippen molar-refractivity contribution in [1.82, 2.24) is 9.55 Å². The summed E-state index contributed by atoms with van der Waals surface area (Å²) in [5, 5.41) is 0.939. The number of fused-ring (bicyclic) bond motifs is 1. The van der Waals surface area contributed by atoms with Crippen molar-refractivity contribution >= 4 is 45.1 Å². The fourth-order valence-electron chi connectivity index (χ4n) is 3.69. The molecule has 2 aromatic carbocycles. The highest BCUT2D eigenvalue weighted by Crippen LogP contribution is 2.28. The van der Waals surface area contributed by atoms with Crippen molar-refractivity contribution in [3.63, 3.8) is 0 Å². The fourth-order valence-corrected chi connectivity index (χ4v) is 4.90. The number of carbonyl (C=O) groups excluding carboxylic acids is 2. The van der Waals surface area contributed by atoms with Gasteiger partial charge >= 0.3 is 11.9 Å². The number of unbranched alkanes of at least 4 members (excludes halogenated alkanes) is 2. The summed E-state index contributed by atoms with van der Waals surface area (Å²) in [6.07, 6.45) is 4.33. The van der Waals surface area contributed by atoms with E-state index in [1.807, 2.05) is 18.2 Å². The first kappa shape index (κ1) is 25.6. The minimum Gasteiger partial charge on any atom is -0.462 e. The van der Waals surface area contributed by atoms with E-state index in [0.29, 0.717) is 37.9 Å². The van der Waals surface area contributed by atoms with Crippen LogP contribution in [0.25, 0.3) is 10.2 Å². The molecule has 0 aliphatic carbocycles. The van der Waals surface area contributed by atoms with Gasteiger partial charge in [-0.3, -0.25) is 9.36 Å². The van der Waals surface area contributed by atoms with Crippen LogP contribution in [0.5, 0.6) is 5.75 Å². The Morgan fingerprint density at radius 3 is 2.53 bits per heavy atom. The zero-order valence-electron chi connectivity index (χ0n) is 20.0. The Labute approximate surface area is 217 Å². The third-order valence-electron chi connectivity index (χ3n) is 5.68. The van der Waals surface area contributed by atoms with Gasteiger partial charge in [0.25, 0.3) is 5.56 Å². The zero-order valence-corrected chi connectivity index (χ0v) is 21.5. The molecule has 0 N–H and O–H groups in total. The number of halogens is 1. The maximum atomic E-state index is 13.2. The number of carbonyl (C=O) groups is 2. The second-order valence-electron chi connectivity index (χ2n) is 8.26. The summed E-state index contributed by atoms with van der Waals surface area (Å²) < 4.78 is 12.2. The Bertz CT molecular complexity index is 1460. The molecule has 0 aliphatic heterocycles. The van der Waals surface area contributed by atoms with Gasteiger partial charge in [0.1, 0.15) is 15.5 Å². The summed E-state index contributed by atoms with van der Waals surface area (Å²) in [6.45, 7) is 4.43. The molecular weight excluding hydrogens is 500 g/mol. The highest BCUT2D eigenvalue weighted by molar-refractivity contribution is 7.20. The molecule has 2 aromatic heterocycles. The maximum absolute atomic E-state index is 13.2. The van der Waals surface area contributed by atoms with Crippen LogP contribution in [0.15, 0.2) is 59.7 Å². The zero-order chi connectivity index (χ0) is 25.7. The average Bonchev–Trinajstić information content (AvgIpc) is 3.22. The number of benzene rings is 2. The van der Waals surface area contributed by atoms with Gasteiger partial charge in [0, 0.05) is 5.02 Å². The minimum absolute atomic E-state index is 0.255. The van der Waals surface area contributed by atoms with Crippen molar-refractivity contribution in [1.29, 1.82) is 0 Å². The summed E-state index contributed by atoms with van der Waals surface area (Å²) in [5.41, 5.74) is 1.43. The van der Waals surface area contributed by atoms with Gasteiger partial charge in [0.15, 0.2) is 0 Å². The fraction of sp³-hybridized carbons (Fsp3) is 0.259. The van der Waals surface area contributed by atoms with E-state index in [0.717, 1.165) is 36.2 Å². The van der Waals surface area contributed by atoms with E-state index in [2.05, 4.69) is 11.9 Å². The SMILES string of the molecule is CCCCCOC(=O)c1ccc(OC(=O)c2sc3ncn(Cc4ccccc4Cl)c(=O)c3c2C)cc1. The number of hydrogen-bond acceptors (Lipinski definition) is 7. The monoisotopic (exact) mass is 524 g/mol. The van der Waals surface area contributed by atoms with Crippen LogP contribution in [0.2, 0.25) is 5.02 Å². The van der Waals surface area contributed by atoms with Crippen molar-refractivity contribution < 1.29 is 19.1 Å². The molecule has 0 amide bonds. The summed E-state index contributed by atoms with van der Waals surface area (Å²) in [7, 11) is 0. The molecule has 7 nitrogen and oxygen atoms in total. The lowest BCUT2D eigenvalue weighted by atomic mass is 10.2. The Morgan fingerprint density at radius 1 is 1.06 bits per heavy atom. The number of thiophene rings is 1. The van der Waals surface area contributed by atoms with E-state index in [9.17, 15) is 14.4 Å². The Balaban J connectivity index is 1.49. The van der Waals surface area contributed by atoms with Crippen LogP contribution in [0, 0.1) is 6.92 Å². The van der Waals surface area contributed by atoms with Crippen LogP contribution < -0.4 is 10.3 Å². The molecule has 0 fully saturated rings. The van der Waals surface area contributed by atoms with Gasteiger partial charge in [-0.2, -0.15) is 0 Å². The van der Waals surface area contributed by atoms with Crippen LogP contribution in [-0.2, 0) is 11.3 Å².